The van der Waals surface area contributed by atoms with E-state index < -0.39 is 24.0 Å². The van der Waals surface area contributed by atoms with Crippen LogP contribution in [0.2, 0.25) is 0 Å². The molecule has 0 unspecified atom stereocenters. The number of halogens is 1. The number of hydrogen-bond donors (Lipinski definition) is 2. The van der Waals surface area contributed by atoms with E-state index in [1.54, 1.807) is 12.1 Å². The molecule has 0 aliphatic heterocycles. The first kappa shape index (κ1) is 13.9. The highest BCUT2D eigenvalue weighted by Gasteiger charge is 2.15. The van der Waals surface area contributed by atoms with Crippen LogP contribution >= 0.6 is 0 Å². The van der Waals surface area contributed by atoms with E-state index in [1.807, 2.05) is 0 Å². The van der Waals surface area contributed by atoms with Crippen molar-refractivity contribution in [3.8, 4) is 5.75 Å². The first-order valence-corrected chi connectivity index (χ1v) is 6.46. The molecule has 2 aromatic carbocycles. The molecule has 3 rings (SSSR count). The van der Waals surface area contributed by atoms with Gasteiger partial charge in [-0.1, -0.05) is 6.07 Å². The van der Waals surface area contributed by atoms with Gasteiger partial charge in [0.15, 0.2) is 6.61 Å². The number of nitrogens with zero attached hydrogens (tertiary/aromatic N) is 1. The van der Waals surface area contributed by atoms with Gasteiger partial charge in [0.1, 0.15) is 11.6 Å². The van der Waals surface area contributed by atoms with E-state index in [0.717, 1.165) is 10.6 Å². The van der Waals surface area contributed by atoms with Crippen LogP contribution < -0.4 is 16.2 Å². The number of nitrogens with two attached hydrogens (primary N) is 1. The number of fused-ring (bicyclic) bond motifs is 1. The fraction of sp³-hybridized carbons (Fsp3) is 0.0667. The Bertz CT molecular complexity index is 914. The number of nitrogen functional groups attached to an aromatic ring is 1. The van der Waals surface area contributed by atoms with Crippen molar-refractivity contribution in [3.05, 3.63) is 58.8 Å². The minimum absolute atomic E-state index is 0.209. The fourth-order valence-corrected chi connectivity index (χ4v) is 2.13. The maximum atomic E-state index is 13.0. The van der Waals surface area contributed by atoms with Crippen molar-refractivity contribution >= 4 is 22.6 Å². The molecule has 112 valence electrons. The highest BCUT2D eigenvalue weighted by atomic mass is 19.1. The molecule has 0 saturated heterocycles. The number of H-pyrrole nitrogens is 1. The van der Waals surface area contributed by atoms with E-state index in [1.165, 1.54) is 24.3 Å². The lowest BCUT2D eigenvalue weighted by molar-refractivity contribution is 0.0838. The third-order valence-corrected chi connectivity index (χ3v) is 3.12. The number of aromatic amines is 1. The Kier molecular flexibility index (Phi) is 3.38. The zero-order valence-electron chi connectivity index (χ0n) is 11.4. The predicted octanol–water partition coefficient (Wildman–Crippen LogP) is 1.77. The molecule has 0 fully saturated rings. The molecule has 1 heterocycles. The standard InChI is InChI=1S/C15H12FN3O3/c16-9-2-1-3-11(6-9)22-8-14(20)19-13-7-10(17)4-5-12(13)18-15(19)21/h1-7H,8,17H2,(H,18,21). The molecule has 0 amide bonds. The van der Waals surface area contributed by atoms with Crippen LogP contribution in [0.5, 0.6) is 5.75 Å². The smallest absolute Gasteiger partial charge is 0.333 e. The van der Waals surface area contributed by atoms with Gasteiger partial charge in [-0.3, -0.25) is 4.79 Å². The monoisotopic (exact) mass is 301 g/mol. The number of hydrogen-bond acceptors (Lipinski definition) is 4. The predicted molar refractivity (Wildman–Crippen MR) is 79.5 cm³/mol. The van der Waals surface area contributed by atoms with Crippen LogP contribution in [0.3, 0.4) is 0 Å². The summed E-state index contributed by atoms with van der Waals surface area (Å²) in [6, 6.07) is 10.2. The summed E-state index contributed by atoms with van der Waals surface area (Å²) in [5.41, 5.74) is 6.40. The van der Waals surface area contributed by atoms with Gasteiger partial charge in [-0.15, -0.1) is 0 Å². The van der Waals surface area contributed by atoms with Gasteiger partial charge in [-0.25, -0.2) is 13.8 Å². The number of imidazole rings is 1. The molecular weight excluding hydrogens is 289 g/mol. The SMILES string of the molecule is Nc1ccc2[nH]c(=O)n(C(=O)COc3cccc(F)c3)c2c1. The molecule has 0 atom stereocenters. The molecule has 0 aliphatic carbocycles. The maximum Gasteiger partial charge on any atom is 0.333 e. The van der Waals surface area contributed by atoms with E-state index in [4.69, 9.17) is 10.5 Å². The van der Waals surface area contributed by atoms with Gasteiger partial charge in [-0.2, -0.15) is 0 Å². The summed E-state index contributed by atoms with van der Waals surface area (Å²) in [4.78, 5) is 26.6. The molecular formula is C15H12FN3O3. The zero-order chi connectivity index (χ0) is 15.7. The Hall–Kier alpha value is -3.09. The minimum atomic E-state index is -0.578. The quantitative estimate of drug-likeness (QED) is 0.721. The lowest BCUT2D eigenvalue weighted by atomic mass is 10.3. The van der Waals surface area contributed by atoms with E-state index in [0.29, 0.717) is 16.7 Å². The summed E-state index contributed by atoms with van der Waals surface area (Å²) in [7, 11) is 0. The average Bonchev–Trinajstić information content (AvgIpc) is 2.80. The summed E-state index contributed by atoms with van der Waals surface area (Å²) in [6.45, 7) is -0.398. The van der Waals surface area contributed by atoms with Crippen molar-refractivity contribution in [1.29, 1.82) is 0 Å². The first-order chi connectivity index (χ1) is 10.5. The van der Waals surface area contributed by atoms with Crippen molar-refractivity contribution in [2.75, 3.05) is 12.3 Å². The fourth-order valence-electron chi connectivity index (χ4n) is 2.13. The van der Waals surface area contributed by atoms with Crippen LogP contribution in [0.4, 0.5) is 10.1 Å². The molecule has 3 N–H and O–H groups in total. The van der Waals surface area contributed by atoms with Crippen LogP contribution in [-0.4, -0.2) is 22.1 Å². The number of carbonyl (C=O) groups excluding carboxylic acids is 1. The van der Waals surface area contributed by atoms with E-state index in [9.17, 15) is 14.0 Å². The molecule has 7 heteroatoms. The van der Waals surface area contributed by atoms with Crippen LogP contribution in [0.1, 0.15) is 4.79 Å². The first-order valence-electron chi connectivity index (χ1n) is 6.46. The molecule has 0 spiro atoms. The van der Waals surface area contributed by atoms with E-state index in [2.05, 4.69) is 4.98 Å². The molecule has 0 radical (unpaired) electrons. The van der Waals surface area contributed by atoms with Crippen molar-refractivity contribution in [2.24, 2.45) is 0 Å². The second-order valence-electron chi connectivity index (χ2n) is 4.68. The summed E-state index contributed by atoms with van der Waals surface area (Å²) in [6.07, 6.45) is 0. The van der Waals surface area contributed by atoms with Gasteiger partial charge in [0.05, 0.1) is 11.0 Å². The molecule has 0 aliphatic rings. The summed E-state index contributed by atoms with van der Waals surface area (Å²) in [5.74, 6) is -0.839. The van der Waals surface area contributed by atoms with Gasteiger partial charge >= 0.3 is 5.69 Å². The summed E-state index contributed by atoms with van der Waals surface area (Å²) >= 11 is 0. The Morgan fingerprint density at radius 1 is 1.27 bits per heavy atom. The minimum Gasteiger partial charge on any atom is -0.484 e. The second kappa shape index (κ2) is 5.36. The molecule has 0 bridgehead atoms. The number of carbonyl (C=O) groups is 1. The third-order valence-electron chi connectivity index (χ3n) is 3.12. The Morgan fingerprint density at radius 3 is 2.86 bits per heavy atom. The van der Waals surface area contributed by atoms with Crippen molar-refractivity contribution in [3.63, 3.8) is 0 Å². The highest BCUT2D eigenvalue weighted by Crippen LogP contribution is 2.15. The number of aromatic nitrogens is 2. The number of nitrogens with one attached hydrogen (secondary N) is 1. The lowest BCUT2D eigenvalue weighted by Gasteiger charge is -2.06. The van der Waals surface area contributed by atoms with Crippen LogP contribution in [-0.2, 0) is 0 Å². The molecule has 1 aromatic heterocycles. The van der Waals surface area contributed by atoms with Crippen molar-refractivity contribution in [2.45, 2.75) is 0 Å². The Morgan fingerprint density at radius 2 is 2.09 bits per heavy atom. The van der Waals surface area contributed by atoms with E-state index >= 15 is 0 Å². The maximum absolute atomic E-state index is 13.0. The molecule has 6 nitrogen and oxygen atoms in total. The Balaban J connectivity index is 1.88. The van der Waals surface area contributed by atoms with Gasteiger partial charge in [0, 0.05) is 11.8 Å². The summed E-state index contributed by atoms with van der Waals surface area (Å²) in [5, 5.41) is 0. The molecule has 3 aromatic rings. The van der Waals surface area contributed by atoms with Gasteiger partial charge in [0.2, 0.25) is 0 Å². The number of anilines is 1. The molecule has 22 heavy (non-hydrogen) atoms. The Labute approximate surface area is 123 Å². The number of ether oxygens (including phenoxy) is 1. The van der Waals surface area contributed by atoms with Crippen LogP contribution in [0.25, 0.3) is 11.0 Å². The van der Waals surface area contributed by atoms with Gasteiger partial charge in [0.25, 0.3) is 5.91 Å². The van der Waals surface area contributed by atoms with Gasteiger partial charge < -0.3 is 15.5 Å². The summed E-state index contributed by atoms with van der Waals surface area (Å²) < 4.78 is 19.2. The molecule has 0 saturated carbocycles. The normalized spacial score (nSPS) is 10.8. The number of rotatable bonds is 3. The van der Waals surface area contributed by atoms with Crippen LogP contribution in [0, 0.1) is 5.82 Å². The van der Waals surface area contributed by atoms with Crippen molar-refractivity contribution in [1.82, 2.24) is 9.55 Å². The lowest BCUT2D eigenvalue weighted by Crippen LogP contribution is -2.28. The largest absolute Gasteiger partial charge is 0.484 e. The number of benzene rings is 2. The van der Waals surface area contributed by atoms with Crippen LogP contribution in [0.15, 0.2) is 47.3 Å². The third kappa shape index (κ3) is 2.56. The van der Waals surface area contributed by atoms with Gasteiger partial charge in [-0.05, 0) is 30.3 Å². The highest BCUT2D eigenvalue weighted by molar-refractivity contribution is 5.92. The van der Waals surface area contributed by atoms with E-state index in [-0.39, 0.29) is 5.75 Å². The zero-order valence-corrected chi connectivity index (χ0v) is 11.4. The van der Waals surface area contributed by atoms with Crippen molar-refractivity contribution < 1.29 is 13.9 Å². The second-order valence-corrected chi connectivity index (χ2v) is 4.68. The topological polar surface area (TPSA) is 90.1 Å². The average molecular weight is 301 g/mol.